The van der Waals surface area contributed by atoms with Gasteiger partial charge in [0.1, 0.15) is 0 Å². The Hall–Kier alpha value is -2.44. The van der Waals surface area contributed by atoms with E-state index in [1.54, 1.807) is 12.1 Å². The number of ether oxygens (including phenoxy) is 1. The molecule has 0 aliphatic carbocycles. The first-order valence-corrected chi connectivity index (χ1v) is 5.37. The number of nitrogens with zero attached hydrogens (tertiary/aromatic N) is 3. The highest BCUT2D eigenvalue weighted by atomic mass is 16.5. The Morgan fingerprint density at radius 3 is 3.00 bits per heavy atom. The van der Waals surface area contributed by atoms with Crippen LogP contribution in [-0.4, -0.2) is 19.6 Å². The van der Waals surface area contributed by atoms with Crippen LogP contribution >= 0.6 is 0 Å². The van der Waals surface area contributed by atoms with Gasteiger partial charge in [-0.15, -0.1) is 0 Å². The SMILES string of the molecule is COC(=O)c1ccc(C)c(C#CCCN=[N+]=[N-])c1. The molecule has 0 saturated carbocycles. The van der Waals surface area contributed by atoms with Crippen LogP contribution in [0, 0.1) is 18.8 Å². The zero-order valence-corrected chi connectivity index (χ0v) is 10.3. The number of hydrogen-bond acceptors (Lipinski definition) is 3. The largest absolute Gasteiger partial charge is 0.465 e. The highest BCUT2D eigenvalue weighted by Gasteiger charge is 2.06. The lowest BCUT2D eigenvalue weighted by Crippen LogP contribution is -2.01. The third kappa shape index (κ3) is 3.85. The summed E-state index contributed by atoms with van der Waals surface area (Å²) >= 11 is 0. The number of carbonyl (C=O) groups excluding carboxylic acids is 1. The minimum atomic E-state index is -0.382. The molecule has 0 aliphatic rings. The Morgan fingerprint density at radius 2 is 2.33 bits per heavy atom. The lowest BCUT2D eigenvalue weighted by atomic mass is 10.1. The molecular formula is C13H13N3O2. The maximum atomic E-state index is 11.4. The number of esters is 1. The van der Waals surface area contributed by atoms with Crippen LogP contribution in [0.2, 0.25) is 0 Å². The van der Waals surface area contributed by atoms with E-state index in [0.717, 1.165) is 11.1 Å². The number of hydrogen-bond donors (Lipinski definition) is 0. The van der Waals surface area contributed by atoms with Gasteiger partial charge in [0.2, 0.25) is 0 Å². The van der Waals surface area contributed by atoms with Crippen molar-refractivity contribution in [3.05, 3.63) is 45.3 Å². The van der Waals surface area contributed by atoms with Crippen LogP contribution in [0.15, 0.2) is 23.3 Å². The number of carbonyl (C=O) groups is 1. The normalized spacial score (nSPS) is 8.78. The predicted molar refractivity (Wildman–Crippen MR) is 68.0 cm³/mol. The number of azide groups is 1. The molecule has 0 bridgehead atoms. The molecule has 1 aromatic carbocycles. The molecule has 0 radical (unpaired) electrons. The van der Waals surface area contributed by atoms with Gasteiger partial charge in [-0.2, -0.15) is 0 Å². The highest BCUT2D eigenvalue weighted by molar-refractivity contribution is 5.89. The van der Waals surface area contributed by atoms with Crippen molar-refractivity contribution in [2.75, 3.05) is 13.7 Å². The Bertz CT molecular complexity index is 549. The van der Waals surface area contributed by atoms with E-state index in [4.69, 9.17) is 5.53 Å². The first-order chi connectivity index (χ1) is 8.69. The summed E-state index contributed by atoms with van der Waals surface area (Å²) in [6.45, 7) is 2.26. The van der Waals surface area contributed by atoms with Gasteiger partial charge in [-0.3, -0.25) is 0 Å². The lowest BCUT2D eigenvalue weighted by molar-refractivity contribution is 0.0600. The Labute approximate surface area is 105 Å². The van der Waals surface area contributed by atoms with Crippen LogP contribution < -0.4 is 0 Å². The summed E-state index contributed by atoms with van der Waals surface area (Å²) in [5.74, 6) is 5.46. The average Bonchev–Trinajstić information content (AvgIpc) is 2.39. The molecule has 5 nitrogen and oxygen atoms in total. The molecular weight excluding hydrogens is 230 g/mol. The molecule has 0 unspecified atom stereocenters. The fourth-order valence-corrected chi connectivity index (χ4v) is 1.31. The van der Waals surface area contributed by atoms with Crippen molar-refractivity contribution in [1.29, 1.82) is 0 Å². The summed E-state index contributed by atoms with van der Waals surface area (Å²) < 4.78 is 4.65. The number of aryl methyl sites for hydroxylation is 1. The van der Waals surface area contributed by atoms with Crippen molar-refractivity contribution in [1.82, 2.24) is 0 Å². The second-order valence-corrected chi connectivity index (χ2v) is 3.53. The van der Waals surface area contributed by atoms with E-state index in [1.807, 2.05) is 13.0 Å². The zero-order valence-electron chi connectivity index (χ0n) is 10.3. The van der Waals surface area contributed by atoms with Crippen LogP contribution in [0.5, 0.6) is 0 Å². The van der Waals surface area contributed by atoms with Gasteiger partial charge >= 0.3 is 5.97 Å². The third-order valence-electron chi connectivity index (χ3n) is 2.28. The predicted octanol–water partition coefficient (Wildman–Crippen LogP) is 2.83. The van der Waals surface area contributed by atoms with Gasteiger partial charge in [0.05, 0.1) is 12.7 Å². The van der Waals surface area contributed by atoms with E-state index in [-0.39, 0.29) is 5.97 Å². The van der Waals surface area contributed by atoms with Crippen molar-refractivity contribution in [3.63, 3.8) is 0 Å². The van der Waals surface area contributed by atoms with Crippen molar-refractivity contribution in [2.24, 2.45) is 5.11 Å². The van der Waals surface area contributed by atoms with Gasteiger partial charge < -0.3 is 4.74 Å². The smallest absolute Gasteiger partial charge is 0.337 e. The molecule has 18 heavy (non-hydrogen) atoms. The fourth-order valence-electron chi connectivity index (χ4n) is 1.31. The van der Waals surface area contributed by atoms with Crippen LogP contribution in [0.25, 0.3) is 10.4 Å². The van der Waals surface area contributed by atoms with Crippen LogP contribution in [0.1, 0.15) is 27.9 Å². The van der Waals surface area contributed by atoms with Crippen LogP contribution in [0.3, 0.4) is 0 Å². The summed E-state index contributed by atoms with van der Waals surface area (Å²) in [5.41, 5.74) is 10.3. The number of methoxy groups -OCH3 is 1. The minimum absolute atomic E-state index is 0.346. The zero-order chi connectivity index (χ0) is 13.4. The summed E-state index contributed by atoms with van der Waals surface area (Å²) in [4.78, 5) is 14.0. The fraction of sp³-hybridized carbons (Fsp3) is 0.308. The molecule has 0 amide bonds. The highest BCUT2D eigenvalue weighted by Crippen LogP contribution is 2.11. The molecule has 1 aromatic rings. The quantitative estimate of drug-likeness (QED) is 0.204. The first-order valence-electron chi connectivity index (χ1n) is 5.37. The Kier molecular flexibility index (Phi) is 5.30. The van der Waals surface area contributed by atoms with E-state index in [1.165, 1.54) is 7.11 Å². The minimum Gasteiger partial charge on any atom is -0.465 e. The molecule has 0 heterocycles. The van der Waals surface area contributed by atoms with Gasteiger partial charge in [0, 0.05) is 23.4 Å². The lowest BCUT2D eigenvalue weighted by Gasteiger charge is -2.02. The van der Waals surface area contributed by atoms with Crippen molar-refractivity contribution < 1.29 is 9.53 Å². The molecule has 0 fully saturated rings. The summed E-state index contributed by atoms with van der Waals surface area (Å²) in [6.07, 6.45) is 0.492. The first kappa shape index (κ1) is 13.6. The standard InChI is InChI=1S/C13H13N3O2/c1-10-6-7-12(13(17)18-2)9-11(10)5-3-4-8-15-16-14/h6-7,9H,4,8H2,1-2H3. The van der Waals surface area contributed by atoms with E-state index < -0.39 is 0 Å². The molecule has 0 saturated heterocycles. The van der Waals surface area contributed by atoms with Gasteiger partial charge in [0.25, 0.3) is 0 Å². The van der Waals surface area contributed by atoms with Gasteiger partial charge in [0.15, 0.2) is 0 Å². The molecule has 1 rings (SSSR count). The van der Waals surface area contributed by atoms with E-state index in [0.29, 0.717) is 18.5 Å². The van der Waals surface area contributed by atoms with E-state index >= 15 is 0 Å². The Balaban J connectivity index is 2.87. The van der Waals surface area contributed by atoms with Crippen LogP contribution in [0.4, 0.5) is 0 Å². The second kappa shape index (κ2) is 7.00. The van der Waals surface area contributed by atoms with Gasteiger partial charge in [-0.1, -0.05) is 23.0 Å². The summed E-state index contributed by atoms with van der Waals surface area (Å²) in [5, 5.41) is 3.39. The average molecular weight is 243 g/mol. The molecule has 5 heteroatoms. The van der Waals surface area contributed by atoms with Crippen molar-refractivity contribution in [2.45, 2.75) is 13.3 Å². The summed E-state index contributed by atoms with van der Waals surface area (Å²) in [6, 6.07) is 5.22. The maximum absolute atomic E-state index is 11.4. The topological polar surface area (TPSA) is 75.1 Å². The van der Waals surface area contributed by atoms with Gasteiger partial charge in [-0.05, 0) is 30.2 Å². The Morgan fingerprint density at radius 1 is 1.56 bits per heavy atom. The maximum Gasteiger partial charge on any atom is 0.337 e. The molecule has 0 aromatic heterocycles. The van der Waals surface area contributed by atoms with Crippen molar-refractivity contribution in [3.8, 4) is 11.8 Å². The van der Waals surface area contributed by atoms with Crippen LogP contribution in [-0.2, 0) is 4.74 Å². The summed E-state index contributed by atoms with van der Waals surface area (Å²) in [7, 11) is 1.34. The monoisotopic (exact) mass is 243 g/mol. The number of benzene rings is 1. The molecule has 92 valence electrons. The third-order valence-corrected chi connectivity index (χ3v) is 2.28. The van der Waals surface area contributed by atoms with Gasteiger partial charge in [-0.25, -0.2) is 4.79 Å². The molecule has 0 N–H and O–H groups in total. The van der Waals surface area contributed by atoms with Crippen molar-refractivity contribution >= 4 is 5.97 Å². The molecule has 0 atom stereocenters. The number of rotatable bonds is 3. The van der Waals surface area contributed by atoms with E-state index in [9.17, 15) is 4.79 Å². The molecule has 0 spiro atoms. The second-order valence-electron chi connectivity index (χ2n) is 3.53. The van der Waals surface area contributed by atoms with E-state index in [2.05, 4.69) is 26.6 Å². The molecule has 0 aliphatic heterocycles.